The van der Waals surface area contributed by atoms with Crippen molar-refractivity contribution in [3.63, 3.8) is 0 Å². The molecule has 0 spiro atoms. The molecule has 1 N–H and O–H groups in total. The zero-order valence-electron chi connectivity index (χ0n) is 21.3. The quantitative estimate of drug-likeness (QED) is 0.327. The number of hydrogen-bond acceptors (Lipinski definition) is 3. The van der Waals surface area contributed by atoms with Crippen molar-refractivity contribution in [3.8, 4) is 0 Å². The maximum Gasteiger partial charge on any atom is 0.251 e. The number of Topliss-reactive ketones (excluding diaryl/α,β-unsaturated/α-hetero) is 1. The van der Waals surface area contributed by atoms with E-state index in [9.17, 15) is 14.4 Å². The third kappa shape index (κ3) is 10.7. The summed E-state index contributed by atoms with van der Waals surface area (Å²) in [7, 11) is 0. The van der Waals surface area contributed by atoms with Gasteiger partial charge in [0, 0.05) is 43.6 Å². The smallest absolute Gasteiger partial charge is 0.251 e. The number of carbonyl (C=O) groups is 3. The third-order valence-electron chi connectivity index (χ3n) is 7.03. The van der Waals surface area contributed by atoms with Gasteiger partial charge in [-0.3, -0.25) is 14.4 Å². The van der Waals surface area contributed by atoms with Gasteiger partial charge in [-0.1, -0.05) is 46.6 Å². The average Bonchev–Trinajstić information content (AvgIpc) is 3.07. The van der Waals surface area contributed by atoms with Crippen LogP contribution in [-0.2, 0) is 14.4 Å². The summed E-state index contributed by atoms with van der Waals surface area (Å²) in [6, 6.07) is 0. The van der Waals surface area contributed by atoms with E-state index < -0.39 is 0 Å². The summed E-state index contributed by atoms with van der Waals surface area (Å²) in [5, 5.41) is 3.03. The number of rotatable bonds is 14. The van der Waals surface area contributed by atoms with Gasteiger partial charge in [0.25, 0.3) is 5.91 Å². The van der Waals surface area contributed by atoms with Gasteiger partial charge in [0.15, 0.2) is 0 Å². The number of hydrogen-bond donors (Lipinski definition) is 1. The molecule has 0 aromatic carbocycles. The van der Waals surface area contributed by atoms with Crippen LogP contribution < -0.4 is 5.32 Å². The normalized spacial score (nSPS) is 21.0. The van der Waals surface area contributed by atoms with Crippen molar-refractivity contribution >= 4 is 17.6 Å². The Balaban J connectivity index is 1.45. The standard InChI is InChI=1S/C28H46N2O3/c1-22-13-18-27(33)30(22)21-23-14-16-24(17-15-23)25(31)11-7-5-6-8-12-26(32)29-20-10-9-19-28(2,3)4/h13,18,23-24H,1,5-12,14-17,19-21H2,2-4H3,(H,29,32). The fourth-order valence-corrected chi connectivity index (χ4v) is 4.86. The van der Waals surface area contributed by atoms with E-state index in [0.29, 0.717) is 30.0 Å². The minimum atomic E-state index is 0.0341. The van der Waals surface area contributed by atoms with Gasteiger partial charge < -0.3 is 10.2 Å². The van der Waals surface area contributed by atoms with Gasteiger partial charge in [-0.05, 0) is 68.8 Å². The van der Waals surface area contributed by atoms with Crippen molar-refractivity contribution < 1.29 is 14.4 Å². The first-order valence-electron chi connectivity index (χ1n) is 13.1. The van der Waals surface area contributed by atoms with Crippen LogP contribution >= 0.6 is 0 Å². The number of nitrogens with zero attached hydrogens (tertiary/aromatic N) is 1. The number of ketones is 1. The zero-order valence-corrected chi connectivity index (χ0v) is 21.3. The van der Waals surface area contributed by atoms with E-state index in [1.54, 1.807) is 17.1 Å². The van der Waals surface area contributed by atoms with Gasteiger partial charge in [0.05, 0.1) is 0 Å². The molecule has 1 heterocycles. The predicted octanol–water partition coefficient (Wildman–Crippen LogP) is 5.95. The van der Waals surface area contributed by atoms with Crippen LogP contribution in [0.25, 0.3) is 0 Å². The Hall–Kier alpha value is -1.91. The van der Waals surface area contributed by atoms with Crippen molar-refractivity contribution in [2.45, 2.75) is 104 Å². The van der Waals surface area contributed by atoms with Crippen LogP contribution in [0.3, 0.4) is 0 Å². The summed E-state index contributed by atoms with van der Waals surface area (Å²) in [5.41, 5.74) is 1.15. The minimum absolute atomic E-state index is 0.0341. The summed E-state index contributed by atoms with van der Waals surface area (Å²) in [5.74, 6) is 1.27. The summed E-state index contributed by atoms with van der Waals surface area (Å²) in [6.07, 6.45) is 15.8. The van der Waals surface area contributed by atoms with Crippen LogP contribution in [0.5, 0.6) is 0 Å². The van der Waals surface area contributed by atoms with Crippen molar-refractivity contribution in [3.05, 3.63) is 24.4 Å². The van der Waals surface area contributed by atoms with E-state index >= 15 is 0 Å². The SMILES string of the molecule is C=C1C=CC(=O)N1CC1CCC(C(=O)CCCCCCC(=O)NCCCCC(C)(C)C)CC1. The Morgan fingerprint density at radius 2 is 1.64 bits per heavy atom. The highest BCUT2D eigenvalue weighted by atomic mass is 16.2. The molecule has 2 aliphatic rings. The lowest BCUT2D eigenvalue weighted by Gasteiger charge is -2.31. The molecule has 0 aromatic heterocycles. The van der Waals surface area contributed by atoms with E-state index in [4.69, 9.17) is 0 Å². The molecule has 2 amide bonds. The van der Waals surface area contributed by atoms with Crippen LogP contribution in [0.4, 0.5) is 0 Å². The molecule has 1 aliphatic carbocycles. The molecule has 0 saturated heterocycles. The first-order valence-corrected chi connectivity index (χ1v) is 13.1. The molecule has 5 nitrogen and oxygen atoms in total. The van der Waals surface area contributed by atoms with Gasteiger partial charge in [0.1, 0.15) is 5.78 Å². The van der Waals surface area contributed by atoms with Crippen molar-refractivity contribution in [1.29, 1.82) is 0 Å². The molecule has 2 rings (SSSR count). The molecule has 0 radical (unpaired) electrons. The second kappa shape index (κ2) is 13.7. The average molecular weight is 459 g/mol. The Morgan fingerprint density at radius 1 is 0.970 bits per heavy atom. The topological polar surface area (TPSA) is 66.5 Å². The monoisotopic (exact) mass is 458 g/mol. The van der Waals surface area contributed by atoms with E-state index in [-0.39, 0.29) is 17.7 Å². The Kier molecular flexibility index (Phi) is 11.4. The van der Waals surface area contributed by atoms with Gasteiger partial charge >= 0.3 is 0 Å². The Morgan fingerprint density at radius 3 is 2.24 bits per heavy atom. The molecule has 0 atom stereocenters. The van der Waals surface area contributed by atoms with Crippen molar-refractivity contribution in [2.75, 3.05) is 13.1 Å². The fourth-order valence-electron chi connectivity index (χ4n) is 4.86. The molecule has 0 aromatic rings. The Labute approximate surface area is 201 Å². The molecular formula is C28H46N2O3. The highest BCUT2D eigenvalue weighted by molar-refractivity contribution is 5.93. The molecule has 0 unspecified atom stereocenters. The van der Waals surface area contributed by atoms with Crippen molar-refractivity contribution in [1.82, 2.24) is 10.2 Å². The summed E-state index contributed by atoms with van der Waals surface area (Å²) < 4.78 is 0. The molecule has 5 heteroatoms. The number of unbranched alkanes of at least 4 members (excludes halogenated alkanes) is 4. The van der Waals surface area contributed by atoms with E-state index in [1.807, 2.05) is 0 Å². The second-order valence-corrected chi connectivity index (χ2v) is 11.2. The molecule has 1 aliphatic heterocycles. The fraction of sp³-hybridized carbons (Fsp3) is 0.750. The van der Waals surface area contributed by atoms with Crippen LogP contribution in [0.1, 0.15) is 104 Å². The maximum atomic E-state index is 12.6. The van der Waals surface area contributed by atoms with E-state index in [0.717, 1.165) is 83.0 Å². The number of allylic oxidation sites excluding steroid dienone is 1. The van der Waals surface area contributed by atoms with Crippen LogP contribution in [-0.4, -0.2) is 35.6 Å². The van der Waals surface area contributed by atoms with Gasteiger partial charge in [0.2, 0.25) is 5.91 Å². The van der Waals surface area contributed by atoms with Gasteiger partial charge in [-0.2, -0.15) is 0 Å². The van der Waals surface area contributed by atoms with Crippen LogP contribution in [0.15, 0.2) is 24.4 Å². The number of nitrogens with one attached hydrogen (secondary N) is 1. The van der Waals surface area contributed by atoms with Crippen LogP contribution in [0, 0.1) is 17.3 Å². The summed E-state index contributed by atoms with van der Waals surface area (Å²) in [6.45, 7) is 12.2. The Bertz CT molecular complexity index is 678. The third-order valence-corrected chi connectivity index (χ3v) is 7.03. The van der Waals surface area contributed by atoms with Gasteiger partial charge in [-0.15, -0.1) is 0 Å². The minimum Gasteiger partial charge on any atom is -0.356 e. The van der Waals surface area contributed by atoms with Gasteiger partial charge in [-0.25, -0.2) is 0 Å². The lowest BCUT2D eigenvalue weighted by molar-refractivity contribution is -0.126. The molecular weight excluding hydrogens is 412 g/mol. The molecule has 186 valence electrons. The van der Waals surface area contributed by atoms with E-state index in [1.165, 1.54) is 6.42 Å². The van der Waals surface area contributed by atoms with E-state index in [2.05, 4.69) is 32.7 Å². The van der Waals surface area contributed by atoms with Crippen LogP contribution in [0.2, 0.25) is 0 Å². The summed E-state index contributed by atoms with van der Waals surface area (Å²) >= 11 is 0. The lowest BCUT2D eigenvalue weighted by atomic mass is 9.79. The first kappa shape index (κ1) is 27.3. The second-order valence-electron chi connectivity index (χ2n) is 11.2. The molecule has 0 bridgehead atoms. The largest absolute Gasteiger partial charge is 0.356 e. The highest BCUT2D eigenvalue weighted by Gasteiger charge is 2.29. The summed E-state index contributed by atoms with van der Waals surface area (Å²) in [4.78, 5) is 38.1. The highest BCUT2D eigenvalue weighted by Crippen LogP contribution is 2.32. The molecule has 1 saturated carbocycles. The predicted molar refractivity (Wildman–Crippen MR) is 134 cm³/mol. The number of carbonyl (C=O) groups excluding carboxylic acids is 3. The maximum absolute atomic E-state index is 12.6. The molecule has 33 heavy (non-hydrogen) atoms. The number of amides is 2. The lowest BCUT2D eigenvalue weighted by Crippen LogP contribution is -2.32. The zero-order chi connectivity index (χ0) is 24.3. The first-order chi connectivity index (χ1) is 15.7. The van der Waals surface area contributed by atoms with Crippen molar-refractivity contribution in [2.24, 2.45) is 17.3 Å². The molecule has 1 fully saturated rings.